The number of nitrogens with one attached hydrogen (secondary N) is 1. The number of hydrogen-bond donors (Lipinski definition) is 2. The van der Waals surface area contributed by atoms with Gasteiger partial charge in [0.05, 0.1) is 0 Å². The lowest BCUT2D eigenvalue weighted by molar-refractivity contribution is -0.124. The smallest absolute Gasteiger partial charge is 0.236 e. The Labute approximate surface area is 94.9 Å². The van der Waals surface area contributed by atoms with Crippen molar-refractivity contribution in [3.63, 3.8) is 0 Å². The summed E-state index contributed by atoms with van der Waals surface area (Å²) in [6.07, 6.45) is 2.49. The van der Waals surface area contributed by atoms with Crippen molar-refractivity contribution in [2.24, 2.45) is 5.73 Å². The predicted octanol–water partition coefficient (Wildman–Crippen LogP) is -0.359. The van der Waals surface area contributed by atoms with Gasteiger partial charge in [-0.15, -0.1) is 0 Å². The lowest BCUT2D eigenvalue weighted by atomic mass is 10.1. The molecule has 2 fully saturated rings. The van der Waals surface area contributed by atoms with E-state index >= 15 is 0 Å². The van der Waals surface area contributed by atoms with E-state index in [1.54, 1.807) is 0 Å². The van der Waals surface area contributed by atoms with Crippen molar-refractivity contribution in [3.05, 3.63) is 0 Å². The normalized spacial score (nSPS) is 33.9. The lowest BCUT2D eigenvalue weighted by Crippen LogP contribution is -2.60. The Kier molecular flexibility index (Phi) is 3.88. The number of carbonyl (C=O) groups is 1. The first-order valence-corrected chi connectivity index (χ1v) is 6.78. The number of rotatable bonds is 2. The Hall–Kier alpha value is -0.260. The second-order valence-corrected chi connectivity index (χ2v) is 5.38. The maximum Gasteiger partial charge on any atom is 0.236 e. The van der Waals surface area contributed by atoms with Crippen LogP contribution in [0.15, 0.2) is 0 Å². The van der Waals surface area contributed by atoms with E-state index in [1.807, 2.05) is 11.8 Å². The van der Waals surface area contributed by atoms with E-state index in [-0.39, 0.29) is 11.9 Å². The van der Waals surface area contributed by atoms with Crippen molar-refractivity contribution in [2.75, 3.05) is 31.1 Å². The van der Waals surface area contributed by atoms with E-state index in [1.165, 1.54) is 18.6 Å². The molecule has 0 aliphatic carbocycles. The molecule has 0 aromatic heterocycles. The maximum absolute atomic E-state index is 11.3. The molecule has 2 heterocycles. The second kappa shape index (κ2) is 5.18. The summed E-state index contributed by atoms with van der Waals surface area (Å²) in [5.41, 5.74) is 5.44. The summed E-state index contributed by atoms with van der Waals surface area (Å²) in [6.45, 7) is 2.65. The number of piperazine rings is 1. The summed E-state index contributed by atoms with van der Waals surface area (Å²) in [7, 11) is 0. The Morgan fingerprint density at radius 1 is 1.53 bits per heavy atom. The number of nitrogens with two attached hydrogens (primary N) is 1. The van der Waals surface area contributed by atoms with Crippen LogP contribution in [-0.4, -0.2) is 54.0 Å². The molecule has 2 aliphatic rings. The Morgan fingerprint density at radius 3 is 3.07 bits per heavy atom. The van der Waals surface area contributed by atoms with Crippen LogP contribution in [0.1, 0.15) is 12.8 Å². The van der Waals surface area contributed by atoms with Crippen LogP contribution in [0.25, 0.3) is 0 Å². The van der Waals surface area contributed by atoms with Gasteiger partial charge in [-0.05, 0) is 18.6 Å². The van der Waals surface area contributed by atoms with Gasteiger partial charge in [0.1, 0.15) is 6.04 Å². The highest BCUT2D eigenvalue weighted by Crippen LogP contribution is 2.23. The van der Waals surface area contributed by atoms with Crippen LogP contribution in [0.5, 0.6) is 0 Å². The minimum absolute atomic E-state index is 0.0950. The SMILES string of the molecule is NC(=O)C1CNCCN1C1CCCSC1. The van der Waals surface area contributed by atoms with Gasteiger partial charge < -0.3 is 11.1 Å². The topological polar surface area (TPSA) is 58.4 Å². The highest BCUT2D eigenvalue weighted by molar-refractivity contribution is 7.99. The lowest BCUT2D eigenvalue weighted by Gasteiger charge is -2.41. The van der Waals surface area contributed by atoms with Crippen molar-refractivity contribution in [2.45, 2.75) is 24.9 Å². The van der Waals surface area contributed by atoms with Gasteiger partial charge in [0.25, 0.3) is 0 Å². The van der Waals surface area contributed by atoms with Gasteiger partial charge in [0, 0.05) is 31.4 Å². The second-order valence-electron chi connectivity index (χ2n) is 4.23. The van der Waals surface area contributed by atoms with Crippen LogP contribution in [0.4, 0.5) is 0 Å². The number of primary amides is 1. The summed E-state index contributed by atoms with van der Waals surface area (Å²) in [4.78, 5) is 13.7. The van der Waals surface area contributed by atoms with Crippen molar-refractivity contribution >= 4 is 17.7 Å². The van der Waals surface area contributed by atoms with Crippen LogP contribution in [0.3, 0.4) is 0 Å². The fourth-order valence-corrected chi connectivity index (χ4v) is 3.57. The van der Waals surface area contributed by atoms with Crippen molar-refractivity contribution in [3.8, 4) is 0 Å². The fourth-order valence-electron chi connectivity index (χ4n) is 2.41. The largest absolute Gasteiger partial charge is 0.368 e. The van der Waals surface area contributed by atoms with E-state index in [0.29, 0.717) is 6.04 Å². The molecule has 0 bridgehead atoms. The van der Waals surface area contributed by atoms with Crippen molar-refractivity contribution in [1.82, 2.24) is 10.2 Å². The van der Waals surface area contributed by atoms with Gasteiger partial charge in [-0.1, -0.05) is 0 Å². The van der Waals surface area contributed by atoms with E-state index in [9.17, 15) is 4.79 Å². The fraction of sp³-hybridized carbons (Fsp3) is 0.900. The van der Waals surface area contributed by atoms with Crippen LogP contribution in [-0.2, 0) is 4.79 Å². The minimum atomic E-state index is -0.183. The first-order valence-electron chi connectivity index (χ1n) is 5.62. The highest BCUT2D eigenvalue weighted by atomic mass is 32.2. The minimum Gasteiger partial charge on any atom is -0.368 e. The molecule has 2 unspecified atom stereocenters. The number of carbonyl (C=O) groups excluding carboxylic acids is 1. The van der Waals surface area contributed by atoms with E-state index in [2.05, 4.69) is 10.2 Å². The molecule has 0 spiro atoms. The zero-order valence-electron chi connectivity index (χ0n) is 8.95. The molecule has 2 atom stereocenters. The van der Waals surface area contributed by atoms with Gasteiger partial charge in [-0.25, -0.2) is 0 Å². The molecule has 0 aromatic carbocycles. The zero-order valence-corrected chi connectivity index (χ0v) is 9.76. The molecule has 86 valence electrons. The number of nitrogens with zero attached hydrogens (tertiary/aromatic N) is 1. The van der Waals surface area contributed by atoms with Gasteiger partial charge in [-0.2, -0.15) is 11.8 Å². The Morgan fingerprint density at radius 2 is 2.40 bits per heavy atom. The Bertz CT molecular complexity index is 231. The van der Waals surface area contributed by atoms with Gasteiger partial charge in [0.15, 0.2) is 0 Å². The molecule has 4 nitrogen and oxygen atoms in total. The average Bonchev–Trinajstić information content (AvgIpc) is 2.30. The third-order valence-electron chi connectivity index (χ3n) is 3.22. The van der Waals surface area contributed by atoms with Crippen LogP contribution < -0.4 is 11.1 Å². The first kappa shape index (κ1) is 11.2. The van der Waals surface area contributed by atoms with E-state index in [0.717, 1.165) is 25.4 Å². The quantitative estimate of drug-likeness (QED) is 0.679. The molecule has 2 rings (SSSR count). The molecule has 3 N–H and O–H groups in total. The number of amides is 1. The first-order chi connectivity index (χ1) is 7.29. The zero-order chi connectivity index (χ0) is 10.7. The summed E-state index contributed by atoms with van der Waals surface area (Å²) in [5, 5.41) is 3.24. The molecule has 0 radical (unpaired) electrons. The maximum atomic E-state index is 11.3. The molecule has 0 saturated carbocycles. The van der Waals surface area contributed by atoms with Gasteiger partial charge in [-0.3, -0.25) is 9.69 Å². The van der Waals surface area contributed by atoms with Crippen LogP contribution in [0.2, 0.25) is 0 Å². The molecular weight excluding hydrogens is 210 g/mol. The average molecular weight is 229 g/mol. The standard InChI is InChI=1S/C10H19N3OS/c11-10(14)9-6-12-3-4-13(9)8-2-1-5-15-7-8/h8-9,12H,1-7H2,(H2,11,14). The molecule has 2 aliphatic heterocycles. The van der Waals surface area contributed by atoms with Gasteiger partial charge in [0.2, 0.25) is 5.91 Å². The number of thioether (sulfide) groups is 1. The van der Waals surface area contributed by atoms with Crippen molar-refractivity contribution in [1.29, 1.82) is 0 Å². The molecule has 1 amide bonds. The number of hydrogen-bond acceptors (Lipinski definition) is 4. The predicted molar refractivity (Wildman–Crippen MR) is 62.9 cm³/mol. The van der Waals surface area contributed by atoms with E-state index in [4.69, 9.17) is 5.73 Å². The van der Waals surface area contributed by atoms with Crippen molar-refractivity contribution < 1.29 is 4.79 Å². The summed E-state index contributed by atoms with van der Waals surface area (Å²) < 4.78 is 0. The van der Waals surface area contributed by atoms with E-state index < -0.39 is 0 Å². The third kappa shape index (κ3) is 2.65. The van der Waals surface area contributed by atoms with Crippen LogP contribution >= 0.6 is 11.8 Å². The molecule has 15 heavy (non-hydrogen) atoms. The Balaban J connectivity index is 1.99. The third-order valence-corrected chi connectivity index (χ3v) is 4.42. The summed E-state index contributed by atoms with van der Waals surface area (Å²) in [5.74, 6) is 2.24. The molecular formula is C10H19N3OS. The monoisotopic (exact) mass is 229 g/mol. The molecule has 5 heteroatoms. The highest BCUT2D eigenvalue weighted by Gasteiger charge is 2.32. The van der Waals surface area contributed by atoms with Crippen LogP contribution in [0, 0.1) is 0 Å². The molecule has 0 aromatic rings. The summed E-state index contributed by atoms with van der Waals surface area (Å²) in [6, 6.07) is 0.464. The summed E-state index contributed by atoms with van der Waals surface area (Å²) >= 11 is 2.00. The molecule has 2 saturated heterocycles. The van der Waals surface area contributed by atoms with Gasteiger partial charge >= 0.3 is 0 Å².